The Morgan fingerprint density at radius 3 is 0.906 bits per heavy atom. The lowest BCUT2D eigenvalue weighted by molar-refractivity contribution is -0.143. The number of ether oxygens (including phenoxy) is 1. The fourth-order valence-corrected chi connectivity index (χ4v) is 12.6. The molecule has 504 valence electrons. The molecule has 0 rings (SSSR count). The Balaban J connectivity index is 3.33. The molecule has 2 atom stereocenters. The maximum atomic E-state index is 12.6. The van der Waals surface area contributed by atoms with Gasteiger partial charge in [0.15, 0.2) is 0 Å². The van der Waals surface area contributed by atoms with Gasteiger partial charge in [0.1, 0.15) is 0 Å². The molecule has 0 aromatic carbocycles. The number of hydrogen-bond acceptors (Lipinski definition) is 5. The van der Waals surface area contributed by atoms with E-state index < -0.39 is 12.1 Å². The minimum atomic E-state index is -0.662. The first-order valence-corrected chi connectivity index (χ1v) is 39.1. The maximum Gasteiger partial charge on any atom is 0.305 e. The molecular formula is C79H153NO5. The van der Waals surface area contributed by atoms with Crippen molar-refractivity contribution in [1.82, 2.24) is 5.32 Å². The second kappa shape index (κ2) is 74.8. The maximum absolute atomic E-state index is 12.6. The molecule has 0 aromatic rings. The number of rotatable bonds is 74. The van der Waals surface area contributed by atoms with Crippen molar-refractivity contribution in [2.45, 2.75) is 456 Å². The van der Waals surface area contributed by atoms with Crippen molar-refractivity contribution in [3.05, 3.63) is 24.3 Å². The molecule has 0 spiro atoms. The summed E-state index contributed by atoms with van der Waals surface area (Å²) in [7, 11) is 0. The summed E-state index contributed by atoms with van der Waals surface area (Å²) in [5.41, 5.74) is 0. The van der Waals surface area contributed by atoms with E-state index in [0.29, 0.717) is 25.9 Å². The minimum absolute atomic E-state index is 0.00814. The molecule has 0 aliphatic carbocycles. The Morgan fingerprint density at radius 1 is 0.329 bits per heavy atom. The summed E-state index contributed by atoms with van der Waals surface area (Å²) in [6.45, 7) is 4.98. The molecule has 0 fully saturated rings. The summed E-state index contributed by atoms with van der Waals surface area (Å²) in [5.74, 6) is -0.0174. The molecule has 2 unspecified atom stereocenters. The minimum Gasteiger partial charge on any atom is -0.466 e. The van der Waals surface area contributed by atoms with E-state index in [0.717, 1.165) is 51.4 Å². The molecular weight excluding hydrogens is 1040 g/mol. The molecule has 3 N–H and O–H groups in total. The highest BCUT2D eigenvalue weighted by Crippen LogP contribution is 2.20. The first kappa shape index (κ1) is 83.3. The Labute approximate surface area is 532 Å². The monoisotopic (exact) mass is 1200 g/mol. The lowest BCUT2D eigenvalue weighted by Crippen LogP contribution is -2.45. The first-order valence-electron chi connectivity index (χ1n) is 39.1. The summed E-state index contributed by atoms with van der Waals surface area (Å²) >= 11 is 0. The number of aliphatic hydroxyl groups is 2. The zero-order chi connectivity index (χ0) is 61.3. The quantitative estimate of drug-likeness (QED) is 0.0320. The smallest absolute Gasteiger partial charge is 0.305 e. The topological polar surface area (TPSA) is 95.9 Å². The molecule has 85 heavy (non-hydrogen) atoms. The van der Waals surface area contributed by atoms with Crippen LogP contribution in [-0.4, -0.2) is 47.4 Å². The van der Waals surface area contributed by atoms with Gasteiger partial charge in [0.2, 0.25) is 5.91 Å². The number of carbonyl (C=O) groups is 2. The Morgan fingerprint density at radius 2 is 0.588 bits per heavy atom. The number of carbonyl (C=O) groups excluding carboxylic acids is 2. The Kier molecular flexibility index (Phi) is 73.3. The summed E-state index contributed by atoms with van der Waals surface area (Å²) in [6, 6.07) is -0.539. The van der Waals surface area contributed by atoms with Crippen molar-refractivity contribution >= 4 is 11.9 Å². The number of esters is 1. The van der Waals surface area contributed by atoms with Gasteiger partial charge in [-0.1, -0.05) is 398 Å². The number of aliphatic hydroxyl groups excluding tert-OH is 2. The second-order valence-electron chi connectivity index (χ2n) is 27.0. The van der Waals surface area contributed by atoms with Crippen molar-refractivity contribution in [3.63, 3.8) is 0 Å². The fraction of sp³-hybridized carbons (Fsp3) is 0.924. The molecule has 0 saturated heterocycles. The summed E-state index contributed by atoms with van der Waals surface area (Å²) in [6.07, 6.45) is 95.5. The predicted molar refractivity (Wildman–Crippen MR) is 375 cm³/mol. The molecule has 0 aromatic heterocycles. The van der Waals surface area contributed by atoms with Crippen molar-refractivity contribution in [2.24, 2.45) is 0 Å². The van der Waals surface area contributed by atoms with Gasteiger partial charge in [-0.2, -0.15) is 0 Å². The van der Waals surface area contributed by atoms with E-state index in [4.69, 9.17) is 4.74 Å². The van der Waals surface area contributed by atoms with Gasteiger partial charge in [-0.15, -0.1) is 0 Å². The number of hydrogen-bond donors (Lipinski definition) is 3. The zero-order valence-corrected chi connectivity index (χ0v) is 57.9. The average Bonchev–Trinajstić information content (AvgIpc) is 3.51. The van der Waals surface area contributed by atoms with E-state index in [-0.39, 0.29) is 18.5 Å². The van der Waals surface area contributed by atoms with Crippen LogP contribution in [0.5, 0.6) is 0 Å². The molecule has 0 heterocycles. The highest BCUT2D eigenvalue weighted by Gasteiger charge is 2.20. The lowest BCUT2D eigenvalue weighted by Gasteiger charge is -2.22. The highest BCUT2D eigenvalue weighted by atomic mass is 16.5. The van der Waals surface area contributed by atoms with E-state index in [2.05, 4.69) is 43.5 Å². The molecule has 0 aliphatic rings. The van der Waals surface area contributed by atoms with Gasteiger partial charge in [0, 0.05) is 12.8 Å². The van der Waals surface area contributed by atoms with Crippen molar-refractivity contribution in [1.29, 1.82) is 0 Å². The summed E-state index contributed by atoms with van der Waals surface area (Å²) < 4.78 is 5.50. The molecule has 0 radical (unpaired) electrons. The van der Waals surface area contributed by atoms with Crippen LogP contribution < -0.4 is 5.32 Å². The van der Waals surface area contributed by atoms with Crippen LogP contribution in [-0.2, 0) is 14.3 Å². The van der Waals surface area contributed by atoms with Gasteiger partial charge >= 0.3 is 5.97 Å². The van der Waals surface area contributed by atoms with E-state index in [1.165, 1.54) is 360 Å². The second-order valence-corrected chi connectivity index (χ2v) is 27.0. The van der Waals surface area contributed by atoms with Crippen LogP contribution in [0.1, 0.15) is 444 Å². The number of unbranched alkanes of at least 4 members (excludes halogenated alkanes) is 59. The highest BCUT2D eigenvalue weighted by molar-refractivity contribution is 5.76. The predicted octanol–water partition coefficient (Wildman–Crippen LogP) is 25.7. The summed E-state index contributed by atoms with van der Waals surface area (Å²) in [4.78, 5) is 24.7. The molecule has 0 aliphatic heterocycles. The molecule has 0 saturated carbocycles. The third kappa shape index (κ3) is 71.3. The third-order valence-corrected chi connectivity index (χ3v) is 18.5. The zero-order valence-electron chi connectivity index (χ0n) is 57.9. The van der Waals surface area contributed by atoms with Crippen LogP contribution in [0.3, 0.4) is 0 Å². The number of nitrogens with one attached hydrogen (secondary N) is 1. The van der Waals surface area contributed by atoms with Gasteiger partial charge in [-0.25, -0.2) is 0 Å². The van der Waals surface area contributed by atoms with Crippen LogP contribution in [0.2, 0.25) is 0 Å². The van der Waals surface area contributed by atoms with Crippen LogP contribution in [0, 0.1) is 0 Å². The van der Waals surface area contributed by atoms with Crippen LogP contribution in [0.4, 0.5) is 0 Å². The Bertz CT molecular complexity index is 1330. The number of amides is 1. The number of allylic oxidation sites excluding steroid dienone is 4. The first-order chi connectivity index (χ1) is 42.0. The third-order valence-electron chi connectivity index (χ3n) is 18.5. The molecule has 0 bridgehead atoms. The molecule has 6 nitrogen and oxygen atoms in total. The van der Waals surface area contributed by atoms with E-state index in [1.54, 1.807) is 0 Å². The largest absolute Gasteiger partial charge is 0.466 e. The molecule has 6 heteroatoms. The van der Waals surface area contributed by atoms with Gasteiger partial charge in [0.05, 0.1) is 25.4 Å². The van der Waals surface area contributed by atoms with Crippen LogP contribution >= 0.6 is 0 Å². The fourth-order valence-electron chi connectivity index (χ4n) is 12.6. The molecule has 1 amide bonds. The van der Waals surface area contributed by atoms with E-state index in [9.17, 15) is 19.8 Å². The van der Waals surface area contributed by atoms with E-state index >= 15 is 0 Å². The van der Waals surface area contributed by atoms with Crippen molar-refractivity contribution < 1.29 is 24.5 Å². The lowest BCUT2D eigenvalue weighted by atomic mass is 10.0. The van der Waals surface area contributed by atoms with Crippen LogP contribution in [0.15, 0.2) is 24.3 Å². The average molecular weight is 1200 g/mol. The SMILES string of the molecule is CCCCCC/C=C\C/C=C\CCCCCCCC(=O)OCCCCCCCCCCCCCCCCCCCCCCCCCCCCCCCCCC(=O)NC(CO)C(O)CCCCCCCCCCCCCCCCCCCCCCC. The van der Waals surface area contributed by atoms with Gasteiger partial charge in [-0.05, 0) is 57.8 Å². The normalized spacial score (nSPS) is 12.6. The van der Waals surface area contributed by atoms with Gasteiger partial charge in [-0.3, -0.25) is 9.59 Å². The van der Waals surface area contributed by atoms with Crippen molar-refractivity contribution in [3.8, 4) is 0 Å². The van der Waals surface area contributed by atoms with E-state index in [1.807, 2.05) is 0 Å². The summed E-state index contributed by atoms with van der Waals surface area (Å²) in [5, 5.41) is 23.5. The Hall–Kier alpha value is -1.66. The van der Waals surface area contributed by atoms with Crippen molar-refractivity contribution in [2.75, 3.05) is 13.2 Å². The van der Waals surface area contributed by atoms with Gasteiger partial charge in [0.25, 0.3) is 0 Å². The van der Waals surface area contributed by atoms with Gasteiger partial charge < -0.3 is 20.3 Å². The van der Waals surface area contributed by atoms with Crippen LogP contribution in [0.25, 0.3) is 0 Å². The standard InChI is InChI=1S/C79H153NO5/c1-3-5-7-9-11-13-15-17-19-21-22-34-37-40-43-47-51-55-59-63-67-71-77(82)76(75-81)80-78(83)72-68-64-60-56-52-48-44-41-38-35-32-30-28-26-24-23-25-27-29-31-33-36-39-42-46-50-54-58-62-66-70-74-85-79(84)73-69-65-61-57-53-49-45-20-18-16-14-12-10-8-6-4-2/h14,16,20,45,76-77,81-82H,3-13,15,17-19,21-44,46-75H2,1-2H3,(H,80,83)/b16-14-,45-20-.